The van der Waals surface area contributed by atoms with Gasteiger partial charge in [-0.05, 0) is 100 Å². The van der Waals surface area contributed by atoms with Crippen molar-refractivity contribution in [3.05, 3.63) is 105 Å². The van der Waals surface area contributed by atoms with Gasteiger partial charge in [0.1, 0.15) is 30.4 Å². The molecule has 0 bridgehead atoms. The summed E-state index contributed by atoms with van der Waals surface area (Å²) in [6.07, 6.45) is 0. The van der Waals surface area contributed by atoms with Crippen LogP contribution in [0.2, 0.25) is 0 Å². The zero-order valence-corrected chi connectivity index (χ0v) is 41.0. The number of hydrogen-bond acceptors (Lipinski definition) is 14. The number of nitrogens with zero attached hydrogens (tertiary/aromatic N) is 8. The first-order chi connectivity index (χ1) is 30.0. The smallest absolute Gasteiger partial charge is 0.264 e. The van der Waals surface area contributed by atoms with Crippen LogP contribution in [0, 0.1) is 0 Å². The van der Waals surface area contributed by atoms with Gasteiger partial charge in [0.25, 0.3) is 22.2 Å². The van der Waals surface area contributed by atoms with Gasteiger partial charge in [0.05, 0.1) is 46.4 Å². The van der Waals surface area contributed by atoms with Gasteiger partial charge in [-0.1, -0.05) is 0 Å². The van der Waals surface area contributed by atoms with E-state index in [1.807, 2.05) is 22.9 Å². The Morgan fingerprint density at radius 3 is 1.11 bits per heavy atom. The molecule has 0 N–H and O–H groups in total. The fourth-order valence-electron chi connectivity index (χ4n) is 9.20. The van der Waals surface area contributed by atoms with Crippen LogP contribution >= 0.6 is 132 Å². The highest BCUT2D eigenvalue weighted by molar-refractivity contribution is 9.11. The highest BCUT2D eigenvalue weighted by Gasteiger charge is 2.28. The number of imidazole rings is 4. The molecule has 0 atom stereocenters. The third kappa shape index (κ3) is 4.17. The van der Waals surface area contributed by atoms with E-state index in [0.29, 0.717) is 44.1 Å². The van der Waals surface area contributed by atoms with E-state index in [0.717, 1.165) is 98.3 Å². The van der Waals surface area contributed by atoms with Crippen molar-refractivity contribution < 1.29 is 0 Å². The van der Waals surface area contributed by atoms with Gasteiger partial charge in [-0.15, -0.1) is 68.0 Å². The largest absolute Gasteiger partial charge is 0.268 e. The lowest BCUT2D eigenvalue weighted by molar-refractivity contribution is 1.18. The predicted octanol–water partition coefficient (Wildman–Crippen LogP) is 12.1. The molecule has 2 aromatic carbocycles. The van der Waals surface area contributed by atoms with Crippen LogP contribution in [-0.4, -0.2) is 37.5 Å². The highest BCUT2D eigenvalue weighted by Crippen LogP contribution is 2.46. The summed E-state index contributed by atoms with van der Waals surface area (Å²) in [5, 5.41) is 9.54. The number of benzene rings is 2. The van der Waals surface area contributed by atoms with Gasteiger partial charge in [0.15, 0.2) is 22.6 Å². The van der Waals surface area contributed by atoms with Gasteiger partial charge in [-0.2, -0.15) is 0 Å². The normalized spacial score (nSPS) is 13.1. The van der Waals surface area contributed by atoms with Crippen LogP contribution in [0.3, 0.4) is 0 Å². The van der Waals surface area contributed by atoms with E-state index in [1.54, 1.807) is 64.5 Å². The summed E-state index contributed by atoms with van der Waals surface area (Å²) in [4.78, 5) is 76.4. The molecule has 0 fully saturated rings. The Hall–Kier alpha value is -4.36. The lowest BCUT2D eigenvalue weighted by Crippen LogP contribution is -2.15. The van der Waals surface area contributed by atoms with E-state index < -0.39 is 0 Å². The molecule has 62 heavy (non-hydrogen) atoms. The third-order valence-corrected chi connectivity index (χ3v) is 20.6. The van der Waals surface area contributed by atoms with Crippen molar-refractivity contribution in [2.75, 3.05) is 0 Å². The van der Waals surface area contributed by atoms with Crippen LogP contribution in [-0.2, 0) is 0 Å². The fraction of sp³-hybridized carbons (Fsp3) is 0. The second-order valence-electron chi connectivity index (χ2n) is 14.6. The minimum Gasteiger partial charge on any atom is -0.268 e. The number of halogens is 4. The van der Waals surface area contributed by atoms with Gasteiger partial charge in [0.2, 0.25) is 0 Å². The molecule has 0 saturated carbocycles. The van der Waals surface area contributed by atoms with Gasteiger partial charge in [0, 0.05) is 53.8 Å². The van der Waals surface area contributed by atoms with Gasteiger partial charge >= 0.3 is 0 Å². The number of thiophene rings is 6. The summed E-state index contributed by atoms with van der Waals surface area (Å²) < 4.78 is 14.0. The molecule has 0 amide bonds. The van der Waals surface area contributed by atoms with Crippen molar-refractivity contribution >= 4 is 258 Å². The molecule has 0 aliphatic rings. The fourth-order valence-corrected chi connectivity index (χ4v) is 17.7. The topological polar surface area (TPSA) is 137 Å². The number of rotatable bonds is 0. The minimum absolute atomic E-state index is 0.113. The molecule has 0 unspecified atom stereocenters. The summed E-state index contributed by atoms with van der Waals surface area (Å²) in [7, 11) is 0. The molecule has 0 radical (unpaired) electrons. The van der Waals surface area contributed by atoms with Crippen LogP contribution in [0.25, 0.3) is 126 Å². The quantitative estimate of drug-likeness (QED) is 0.137. The lowest BCUT2D eigenvalue weighted by Gasteiger charge is -2.04. The summed E-state index contributed by atoms with van der Waals surface area (Å²) in [5.74, 6) is 0. The van der Waals surface area contributed by atoms with E-state index in [-0.39, 0.29) is 22.2 Å². The Labute approximate surface area is 396 Å². The van der Waals surface area contributed by atoms with Crippen molar-refractivity contribution in [3.8, 4) is 0 Å². The molecular weight excluding hydrogens is 1170 g/mol. The maximum atomic E-state index is 13.5. The van der Waals surface area contributed by atoms with Crippen LogP contribution < -0.4 is 22.2 Å². The molecule has 16 rings (SSSR count). The van der Waals surface area contributed by atoms with Crippen molar-refractivity contribution in [3.63, 3.8) is 0 Å². The maximum absolute atomic E-state index is 13.5. The minimum atomic E-state index is -0.120. The van der Waals surface area contributed by atoms with Crippen LogP contribution in [0.5, 0.6) is 0 Å². The lowest BCUT2D eigenvalue weighted by atomic mass is 10.0. The zero-order chi connectivity index (χ0) is 41.5. The average Bonchev–Trinajstić information content (AvgIpc) is 4.09. The van der Waals surface area contributed by atoms with Crippen molar-refractivity contribution in [1.82, 2.24) is 37.5 Å². The summed E-state index contributed by atoms with van der Waals surface area (Å²) in [6, 6.07) is 11.0. The molecule has 0 saturated heterocycles. The average molecular weight is 1180 g/mol. The molecule has 0 spiro atoms. The maximum Gasteiger partial charge on any atom is 0.264 e. The monoisotopic (exact) mass is 1170 g/mol. The molecular formula is C40H8Br4N8O4S6. The van der Waals surface area contributed by atoms with Gasteiger partial charge in [-0.25, -0.2) is 19.9 Å². The molecule has 12 nitrogen and oxygen atoms in total. The Morgan fingerprint density at radius 2 is 0.742 bits per heavy atom. The highest BCUT2D eigenvalue weighted by atomic mass is 79.9. The van der Waals surface area contributed by atoms with E-state index in [1.165, 1.54) is 45.3 Å². The van der Waals surface area contributed by atoms with Crippen LogP contribution in [0.1, 0.15) is 0 Å². The molecule has 16 aromatic rings. The molecule has 14 aromatic heterocycles. The first-order valence-electron chi connectivity index (χ1n) is 18.1. The standard InChI is InChI=1S/2C20H4Br2N4O2S3/c21-7-3-29-17-11(7)25-15(23-17)13-9-5(19(25)27)1-2-6-10(9)14(31-13)16-24-18-12(8(22)4-30-18)26(16)20(6)28;21-9-3-7-17(29-9)23-15-13-11-5(19(27)25(7)15)1-2-6-12(11)14(31-13)16-24-18-8(4-10(22)30-18)26(16)20(6)28/h2*1-4H. The molecule has 296 valence electrons. The Balaban J connectivity index is 0.000000116. The van der Waals surface area contributed by atoms with E-state index >= 15 is 0 Å². The summed E-state index contributed by atoms with van der Waals surface area (Å²) in [6.45, 7) is 0. The first kappa shape index (κ1) is 36.0. The van der Waals surface area contributed by atoms with Crippen molar-refractivity contribution in [2.24, 2.45) is 0 Å². The number of hydrogen-bond donors (Lipinski definition) is 0. The van der Waals surface area contributed by atoms with Gasteiger partial charge < -0.3 is 0 Å². The Morgan fingerprint density at radius 1 is 0.419 bits per heavy atom. The molecule has 0 aliphatic heterocycles. The van der Waals surface area contributed by atoms with E-state index in [9.17, 15) is 19.2 Å². The second-order valence-corrected chi connectivity index (χ2v) is 24.9. The van der Waals surface area contributed by atoms with Crippen LogP contribution in [0.15, 0.2) is 82.9 Å². The third-order valence-electron chi connectivity index (χ3n) is 11.6. The van der Waals surface area contributed by atoms with E-state index in [4.69, 9.17) is 19.9 Å². The first-order valence-corrected chi connectivity index (χ1v) is 26.3. The van der Waals surface area contributed by atoms with E-state index in [2.05, 4.69) is 63.7 Å². The molecule has 0 aliphatic carbocycles. The Bertz CT molecular complexity index is 4680. The van der Waals surface area contributed by atoms with Gasteiger partial charge in [-0.3, -0.25) is 36.8 Å². The molecule has 14 heterocycles. The van der Waals surface area contributed by atoms with Crippen molar-refractivity contribution in [2.45, 2.75) is 0 Å². The number of fused-ring (bicyclic) bond motifs is 16. The van der Waals surface area contributed by atoms with Crippen LogP contribution in [0.4, 0.5) is 0 Å². The summed E-state index contributed by atoms with van der Waals surface area (Å²) in [5.41, 5.74) is 5.26. The zero-order valence-electron chi connectivity index (χ0n) is 29.8. The second kappa shape index (κ2) is 11.9. The Kier molecular flexibility index (Phi) is 6.89. The number of pyridine rings is 4. The summed E-state index contributed by atoms with van der Waals surface area (Å²) >= 11 is 23.2. The SMILES string of the molecule is O=c1c2ccc3c(=O)n4c(nc5scc(Br)c54)c4sc(c2c34)c2nc3scc(Br)c3n12.O=c1c2ccc3c(=O)n4c5cc(Br)sc5nc4c4sc(c2c34)c2nc3sc(Br)cc3n12. The molecule has 22 heteroatoms. The predicted molar refractivity (Wildman–Crippen MR) is 271 cm³/mol. The van der Waals surface area contributed by atoms with Crippen molar-refractivity contribution in [1.29, 1.82) is 0 Å². The number of aromatic nitrogens is 8.